The van der Waals surface area contributed by atoms with Gasteiger partial charge in [-0.25, -0.2) is 0 Å². The van der Waals surface area contributed by atoms with Crippen molar-refractivity contribution in [3.05, 3.63) is 0 Å². The van der Waals surface area contributed by atoms with Crippen LogP contribution in [0.4, 0.5) is 0 Å². The summed E-state index contributed by atoms with van der Waals surface area (Å²) in [6, 6.07) is -0.115. The molecule has 14 heavy (non-hydrogen) atoms. The number of thioether (sulfide) groups is 2. The second-order valence-corrected chi connectivity index (χ2v) is 5.99. The average molecular weight is 251 g/mol. The Hall–Kier alpha value is 0.180. The molecule has 1 heterocycles. The fourth-order valence-corrected chi connectivity index (χ4v) is 3.31. The molecule has 0 spiro atoms. The number of hydrogen-bond donors (Lipinski definition) is 2. The van der Waals surface area contributed by atoms with Gasteiger partial charge in [0.15, 0.2) is 8.68 Å². The molecule has 7 heteroatoms. The third kappa shape index (κ3) is 4.14. The van der Waals surface area contributed by atoms with E-state index in [9.17, 15) is 0 Å². The molecule has 0 aliphatic rings. The number of aromatic nitrogens is 2. The first-order chi connectivity index (χ1) is 6.76. The van der Waals surface area contributed by atoms with Gasteiger partial charge in [-0.2, -0.15) is 0 Å². The van der Waals surface area contributed by atoms with E-state index in [1.165, 1.54) is 0 Å². The van der Waals surface area contributed by atoms with Gasteiger partial charge in [-0.1, -0.05) is 34.9 Å². The van der Waals surface area contributed by atoms with Gasteiger partial charge in [-0.15, -0.1) is 10.2 Å². The van der Waals surface area contributed by atoms with Crippen LogP contribution in [-0.4, -0.2) is 40.0 Å². The summed E-state index contributed by atoms with van der Waals surface area (Å²) in [7, 11) is 0. The quantitative estimate of drug-likeness (QED) is 0.737. The van der Waals surface area contributed by atoms with Gasteiger partial charge in [-0.05, 0) is 12.7 Å². The molecule has 1 rings (SSSR count). The van der Waals surface area contributed by atoms with Crippen LogP contribution in [0.25, 0.3) is 0 Å². The van der Waals surface area contributed by atoms with E-state index in [4.69, 9.17) is 10.8 Å². The predicted octanol–water partition coefficient (Wildman–Crippen LogP) is 1.06. The first-order valence-electron chi connectivity index (χ1n) is 4.13. The zero-order valence-electron chi connectivity index (χ0n) is 7.84. The maximum atomic E-state index is 8.71. The third-order valence-electron chi connectivity index (χ3n) is 1.51. The van der Waals surface area contributed by atoms with Gasteiger partial charge >= 0.3 is 0 Å². The molecule has 0 saturated carbocycles. The zero-order chi connectivity index (χ0) is 10.4. The number of rotatable bonds is 6. The largest absolute Gasteiger partial charge is 0.395 e. The molecule has 0 fully saturated rings. The first-order valence-corrected chi connectivity index (χ1v) is 7.15. The summed E-state index contributed by atoms with van der Waals surface area (Å²) in [5.74, 6) is 0.880. The number of aliphatic hydroxyl groups is 1. The van der Waals surface area contributed by atoms with Crippen LogP contribution in [0.5, 0.6) is 0 Å². The van der Waals surface area contributed by atoms with Gasteiger partial charge < -0.3 is 10.8 Å². The molecule has 0 saturated heterocycles. The molecule has 3 N–H and O–H groups in total. The maximum absolute atomic E-state index is 8.71. The van der Waals surface area contributed by atoms with Crippen LogP contribution in [-0.2, 0) is 0 Å². The van der Waals surface area contributed by atoms with Crippen molar-refractivity contribution in [2.45, 2.75) is 21.1 Å². The normalized spacial score (nSPS) is 13.1. The predicted molar refractivity (Wildman–Crippen MR) is 62.1 cm³/mol. The highest BCUT2D eigenvalue weighted by atomic mass is 32.2. The van der Waals surface area contributed by atoms with Crippen molar-refractivity contribution in [3.63, 3.8) is 0 Å². The summed E-state index contributed by atoms with van der Waals surface area (Å²) in [6.45, 7) is 0.0484. The van der Waals surface area contributed by atoms with Crippen molar-refractivity contribution in [3.8, 4) is 0 Å². The van der Waals surface area contributed by atoms with Crippen LogP contribution in [0.3, 0.4) is 0 Å². The van der Waals surface area contributed by atoms with Crippen molar-refractivity contribution in [1.82, 2.24) is 10.2 Å². The minimum absolute atomic E-state index is 0.0484. The summed E-state index contributed by atoms with van der Waals surface area (Å²) < 4.78 is 1.96. The fourth-order valence-electron chi connectivity index (χ4n) is 0.727. The van der Waals surface area contributed by atoms with E-state index in [0.29, 0.717) is 0 Å². The van der Waals surface area contributed by atoms with Gasteiger partial charge in [0.05, 0.1) is 6.61 Å². The molecule has 0 radical (unpaired) electrons. The Balaban J connectivity index is 2.24. The zero-order valence-corrected chi connectivity index (χ0v) is 10.3. The van der Waals surface area contributed by atoms with E-state index in [-0.39, 0.29) is 12.6 Å². The van der Waals surface area contributed by atoms with Crippen molar-refractivity contribution >= 4 is 34.9 Å². The molecule has 0 bridgehead atoms. The van der Waals surface area contributed by atoms with Crippen molar-refractivity contribution in [2.24, 2.45) is 5.73 Å². The van der Waals surface area contributed by atoms with Crippen LogP contribution in [0.15, 0.2) is 8.68 Å². The molecular weight excluding hydrogens is 238 g/mol. The number of nitrogens with zero attached hydrogens (tertiary/aromatic N) is 2. The van der Waals surface area contributed by atoms with Gasteiger partial charge in [0.25, 0.3) is 0 Å². The Labute approximate surface area is 95.7 Å². The van der Waals surface area contributed by atoms with Gasteiger partial charge in [0, 0.05) is 11.8 Å². The lowest BCUT2D eigenvalue weighted by Gasteiger charge is -2.04. The Kier molecular flexibility index (Phi) is 5.80. The lowest BCUT2D eigenvalue weighted by molar-refractivity contribution is 0.264. The molecule has 0 amide bonds. The first kappa shape index (κ1) is 12.3. The average Bonchev–Trinajstić information content (AvgIpc) is 2.65. The number of aliphatic hydroxyl groups excluding tert-OH is 1. The molecule has 80 valence electrons. The Morgan fingerprint density at radius 2 is 2.21 bits per heavy atom. The molecule has 0 aliphatic heterocycles. The van der Waals surface area contributed by atoms with Crippen LogP contribution >= 0.6 is 34.9 Å². The van der Waals surface area contributed by atoms with Gasteiger partial charge in [0.1, 0.15) is 0 Å². The highest BCUT2D eigenvalue weighted by Gasteiger charge is 2.05. The molecule has 0 aliphatic carbocycles. The molecule has 1 aromatic rings. The van der Waals surface area contributed by atoms with Gasteiger partial charge in [0.2, 0.25) is 0 Å². The second kappa shape index (κ2) is 6.62. The number of nitrogens with two attached hydrogens (primary N) is 1. The summed E-state index contributed by atoms with van der Waals surface area (Å²) >= 11 is 4.83. The highest BCUT2D eigenvalue weighted by Crippen LogP contribution is 2.27. The van der Waals surface area contributed by atoms with Crippen LogP contribution < -0.4 is 5.73 Å². The molecule has 0 aromatic carbocycles. The highest BCUT2D eigenvalue weighted by molar-refractivity contribution is 8.02. The van der Waals surface area contributed by atoms with E-state index < -0.39 is 0 Å². The van der Waals surface area contributed by atoms with Crippen molar-refractivity contribution < 1.29 is 5.11 Å². The van der Waals surface area contributed by atoms with Crippen LogP contribution in [0, 0.1) is 0 Å². The molecule has 4 nitrogen and oxygen atoms in total. The summed E-state index contributed by atoms with van der Waals surface area (Å²) in [5.41, 5.74) is 5.57. The minimum Gasteiger partial charge on any atom is -0.395 e. The van der Waals surface area contributed by atoms with Crippen LogP contribution in [0.1, 0.15) is 6.42 Å². The Morgan fingerprint density at radius 1 is 1.50 bits per heavy atom. The Morgan fingerprint density at radius 3 is 2.79 bits per heavy atom. The van der Waals surface area contributed by atoms with E-state index in [2.05, 4.69) is 10.2 Å². The Bertz CT molecular complexity index is 268. The van der Waals surface area contributed by atoms with Gasteiger partial charge in [-0.3, -0.25) is 0 Å². The smallest absolute Gasteiger partial charge is 0.175 e. The molecule has 1 aromatic heterocycles. The summed E-state index contributed by atoms with van der Waals surface area (Å²) in [5, 5.41) is 16.7. The lowest BCUT2D eigenvalue weighted by atomic mass is 10.3. The summed E-state index contributed by atoms with van der Waals surface area (Å²) in [4.78, 5) is 0. The lowest BCUT2D eigenvalue weighted by Crippen LogP contribution is -2.24. The van der Waals surface area contributed by atoms with Crippen molar-refractivity contribution in [2.75, 3.05) is 18.6 Å². The second-order valence-electron chi connectivity index (χ2n) is 2.62. The third-order valence-corrected chi connectivity index (χ3v) is 4.58. The SMILES string of the molecule is CSc1nnc(SCCC(N)CO)s1. The van der Waals surface area contributed by atoms with Crippen LogP contribution in [0.2, 0.25) is 0 Å². The monoisotopic (exact) mass is 251 g/mol. The number of hydrogen-bond acceptors (Lipinski definition) is 7. The van der Waals surface area contributed by atoms with E-state index in [0.717, 1.165) is 20.9 Å². The fraction of sp³-hybridized carbons (Fsp3) is 0.714. The molecule has 1 unspecified atom stereocenters. The van der Waals surface area contributed by atoms with E-state index >= 15 is 0 Å². The molecule has 1 atom stereocenters. The summed E-state index contributed by atoms with van der Waals surface area (Å²) in [6.07, 6.45) is 2.78. The van der Waals surface area contributed by atoms with Crippen molar-refractivity contribution in [1.29, 1.82) is 0 Å². The molecular formula is C7H13N3OS3. The standard InChI is InChI=1S/C7H13N3OS3/c1-12-6-9-10-7(14-6)13-3-2-5(8)4-11/h5,11H,2-4,8H2,1H3. The van der Waals surface area contributed by atoms with E-state index in [1.54, 1.807) is 34.9 Å². The minimum atomic E-state index is -0.115. The topological polar surface area (TPSA) is 72.0 Å². The maximum Gasteiger partial charge on any atom is 0.175 e. The van der Waals surface area contributed by atoms with E-state index in [1.807, 2.05) is 6.26 Å².